The highest BCUT2D eigenvalue weighted by atomic mass is 32.2. The number of aliphatic hydroxyl groups is 1. The van der Waals surface area contributed by atoms with Crippen molar-refractivity contribution in [2.45, 2.75) is 43.9 Å². The fraction of sp³-hybridized carbons (Fsp3) is 0.556. The zero-order valence-electron chi connectivity index (χ0n) is 16.0. The largest absolute Gasteiger partial charge is 0.390 e. The lowest BCUT2D eigenvalue weighted by Crippen LogP contribution is -2.52. The summed E-state index contributed by atoms with van der Waals surface area (Å²) >= 11 is 0. The zero-order valence-corrected chi connectivity index (χ0v) is 16.8. The number of primary amides is 1. The van der Waals surface area contributed by atoms with E-state index in [-0.39, 0.29) is 23.9 Å². The van der Waals surface area contributed by atoms with Crippen LogP contribution in [0.2, 0.25) is 0 Å². The Balaban J connectivity index is 2.40. The number of sulfonamides is 1. The average molecular weight is 412 g/mol. The van der Waals surface area contributed by atoms with Crippen LogP contribution in [0, 0.1) is 18.3 Å². The molecule has 10 heteroatoms. The van der Waals surface area contributed by atoms with E-state index < -0.39 is 39.9 Å². The molecule has 2 amide bonds. The number of pyridine rings is 1. The van der Waals surface area contributed by atoms with E-state index in [1.807, 2.05) is 6.92 Å². The van der Waals surface area contributed by atoms with Crippen molar-refractivity contribution in [3.8, 4) is 0 Å². The van der Waals surface area contributed by atoms with E-state index in [2.05, 4.69) is 10.3 Å². The van der Waals surface area contributed by atoms with Gasteiger partial charge in [0, 0.05) is 18.7 Å². The number of aliphatic hydroxyl groups excluding tert-OH is 1. The van der Waals surface area contributed by atoms with Gasteiger partial charge in [-0.3, -0.25) is 9.59 Å². The van der Waals surface area contributed by atoms with Crippen LogP contribution in [0.15, 0.2) is 29.4 Å². The lowest BCUT2D eigenvalue weighted by molar-refractivity contribution is -0.126. The fourth-order valence-corrected chi connectivity index (χ4v) is 4.60. The molecule has 1 aliphatic heterocycles. The monoisotopic (exact) mass is 411 g/mol. The number of carbonyl (C=O) groups excluding carboxylic acids is 2. The zero-order chi connectivity index (χ0) is 20.9. The Bertz CT molecular complexity index is 786. The van der Waals surface area contributed by atoms with E-state index in [0.717, 1.165) is 6.42 Å². The van der Waals surface area contributed by atoms with E-state index in [0.29, 0.717) is 17.3 Å². The molecule has 1 saturated heterocycles. The summed E-state index contributed by atoms with van der Waals surface area (Å²) in [5.74, 6) is -1.98. The number of rotatable bonds is 7. The first-order valence-corrected chi connectivity index (χ1v) is 10.6. The number of hydrogen-bond donors (Lipinski definition) is 3. The van der Waals surface area contributed by atoms with E-state index in [1.54, 1.807) is 13.0 Å². The Morgan fingerprint density at radius 1 is 1.43 bits per heavy atom. The molecule has 9 nitrogen and oxygen atoms in total. The second-order valence-electron chi connectivity index (χ2n) is 7.18. The lowest BCUT2D eigenvalue weighted by Gasteiger charge is -2.33. The first kappa shape index (κ1) is 22.3. The molecule has 0 saturated carbocycles. The number of nitrogens with two attached hydrogens (primary N) is 1. The summed E-state index contributed by atoms with van der Waals surface area (Å²) in [6.45, 7) is 4.22. The molecule has 2 rings (SSSR count). The van der Waals surface area contributed by atoms with Gasteiger partial charge in [0.25, 0.3) is 10.0 Å². The highest BCUT2D eigenvalue weighted by Gasteiger charge is 2.41. The summed E-state index contributed by atoms with van der Waals surface area (Å²) in [6, 6.07) is 3.42. The van der Waals surface area contributed by atoms with Crippen LogP contribution in [0.1, 0.15) is 26.7 Å². The third-order valence-electron chi connectivity index (χ3n) is 4.75. The summed E-state index contributed by atoms with van der Waals surface area (Å²) in [5.41, 5.74) is 5.22. The SMILES string of the molecule is CC1CNC[C@H](O)C(N(C(=O)[CH]CC(C)C(N)=O)S(=O)(=O)c2ccccn2)C1. The van der Waals surface area contributed by atoms with Gasteiger partial charge in [0.2, 0.25) is 11.8 Å². The van der Waals surface area contributed by atoms with Crippen LogP contribution in [-0.2, 0) is 19.6 Å². The Hall–Kier alpha value is -2.04. The average Bonchev–Trinajstić information content (AvgIpc) is 2.81. The van der Waals surface area contributed by atoms with Crippen LogP contribution in [0.5, 0.6) is 0 Å². The van der Waals surface area contributed by atoms with Gasteiger partial charge in [0.05, 0.1) is 18.6 Å². The second-order valence-corrected chi connectivity index (χ2v) is 8.95. The van der Waals surface area contributed by atoms with Crippen molar-refractivity contribution in [2.75, 3.05) is 13.1 Å². The van der Waals surface area contributed by atoms with Crippen molar-refractivity contribution >= 4 is 21.8 Å². The van der Waals surface area contributed by atoms with Crippen LogP contribution in [0.25, 0.3) is 0 Å². The number of aromatic nitrogens is 1. The smallest absolute Gasteiger partial charge is 0.284 e. The van der Waals surface area contributed by atoms with E-state index >= 15 is 0 Å². The Morgan fingerprint density at radius 2 is 2.14 bits per heavy atom. The number of nitrogens with zero attached hydrogens (tertiary/aromatic N) is 2. The first-order valence-electron chi connectivity index (χ1n) is 9.15. The van der Waals surface area contributed by atoms with Crippen LogP contribution < -0.4 is 11.1 Å². The minimum absolute atomic E-state index is 0.000969. The summed E-state index contributed by atoms with van der Waals surface area (Å²) in [4.78, 5) is 28.0. The van der Waals surface area contributed by atoms with Crippen molar-refractivity contribution in [2.24, 2.45) is 17.6 Å². The van der Waals surface area contributed by atoms with Crippen LogP contribution in [0.3, 0.4) is 0 Å². The summed E-state index contributed by atoms with van der Waals surface area (Å²) in [6.07, 6.45) is 1.67. The molecule has 4 atom stereocenters. The molecule has 1 aromatic heterocycles. The molecule has 1 radical (unpaired) electrons. The van der Waals surface area contributed by atoms with E-state index in [9.17, 15) is 23.1 Å². The summed E-state index contributed by atoms with van der Waals surface area (Å²) in [7, 11) is -4.30. The highest BCUT2D eigenvalue weighted by molar-refractivity contribution is 7.89. The second kappa shape index (κ2) is 9.44. The predicted octanol–water partition coefficient (Wildman–Crippen LogP) is -0.326. The molecule has 0 bridgehead atoms. The van der Waals surface area contributed by atoms with Crippen LogP contribution in [0.4, 0.5) is 0 Å². The topological polar surface area (TPSA) is 143 Å². The van der Waals surface area contributed by atoms with E-state index in [1.165, 1.54) is 18.3 Å². The normalized spacial score (nSPS) is 24.2. The first-order chi connectivity index (χ1) is 13.1. The predicted molar refractivity (Wildman–Crippen MR) is 102 cm³/mol. The molecule has 1 aromatic rings. The van der Waals surface area contributed by atoms with Crippen LogP contribution in [-0.4, -0.2) is 59.9 Å². The molecule has 1 aliphatic rings. The molecule has 0 aliphatic carbocycles. The minimum Gasteiger partial charge on any atom is -0.390 e. The third-order valence-corrected chi connectivity index (χ3v) is 6.48. The van der Waals surface area contributed by atoms with Gasteiger partial charge in [0.15, 0.2) is 5.03 Å². The van der Waals surface area contributed by atoms with Gasteiger partial charge >= 0.3 is 0 Å². The number of hydrogen-bond acceptors (Lipinski definition) is 7. The standard InChI is InChI=1S/C18H27N4O5S/c1-12-9-14(15(23)11-20-10-12)22(17(24)7-6-13(2)18(19)25)28(26,27)16-5-3-4-8-21-16/h3-5,7-8,12-15,20,23H,6,9-11H2,1-2H3,(H2,19,25)/t12?,13?,14?,15-/m0/s1. The molecule has 28 heavy (non-hydrogen) atoms. The molecular formula is C18H27N4O5S. The number of amides is 2. The fourth-order valence-electron chi connectivity index (χ4n) is 3.06. The molecule has 3 unspecified atom stereocenters. The summed E-state index contributed by atoms with van der Waals surface area (Å²) in [5, 5.41) is 13.3. The molecule has 4 N–H and O–H groups in total. The minimum atomic E-state index is -4.30. The lowest BCUT2D eigenvalue weighted by atomic mass is 9.99. The van der Waals surface area contributed by atoms with Gasteiger partial charge < -0.3 is 16.2 Å². The van der Waals surface area contributed by atoms with Crippen molar-refractivity contribution in [1.29, 1.82) is 0 Å². The Labute approximate surface area is 165 Å². The molecular weight excluding hydrogens is 384 g/mol. The van der Waals surface area contributed by atoms with Crippen molar-refractivity contribution < 1.29 is 23.1 Å². The maximum Gasteiger partial charge on any atom is 0.284 e. The van der Waals surface area contributed by atoms with Gasteiger partial charge in [-0.1, -0.05) is 19.9 Å². The van der Waals surface area contributed by atoms with Gasteiger partial charge in [-0.15, -0.1) is 0 Å². The molecule has 0 aromatic carbocycles. The molecule has 0 spiro atoms. The number of nitrogens with one attached hydrogen (secondary N) is 1. The molecule has 2 heterocycles. The molecule has 155 valence electrons. The van der Waals surface area contributed by atoms with Gasteiger partial charge in [-0.25, -0.2) is 9.29 Å². The quantitative estimate of drug-likeness (QED) is 0.558. The van der Waals surface area contributed by atoms with Gasteiger partial charge in [-0.2, -0.15) is 8.42 Å². The molecule has 1 fully saturated rings. The maximum atomic E-state index is 13.2. The highest BCUT2D eigenvalue weighted by Crippen LogP contribution is 2.26. The van der Waals surface area contributed by atoms with Gasteiger partial charge in [0.1, 0.15) is 0 Å². The number of carbonyl (C=O) groups is 2. The Morgan fingerprint density at radius 3 is 2.75 bits per heavy atom. The Kier molecular flexibility index (Phi) is 7.50. The maximum absolute atomic E-state index is 13.2. The van der Waals surface area contributed by atoms with Crippen molar-refractivity contribution in [3.05, 3.63) is 30.8 Å². The van der Waals surface area contributed by atoms with Crippen molar-refractivity contribution in [3.63, 3.8) is 0 Å². The number of β-amino-alcohol motifs (C(OH)–C–C–N with tert-alkyl or cyclic N) is 1. The van der Waals surface area contributed by atoms with Crippen LogP contribution >= 0.6 is 0 Å². The van der Waals surface area contributed by atoms with Gasteiger partial charge in [-0.05, 0) is 37.4 Å². The third kappa shape index (κ3) is 5.27. The summed E-state index contributed by atoms with van der Waals surface area (Å²) < 4.78 is 27.1. The van der Waals surface area contributed by atoms with Crippen molar-refractivity contribution in [1.82, 2.24) is 14.6 Å². The van der Waals surface area contributed by atoms with E-state index in [4.69, 9.17) is 5.73 Å².